The first-order valence-corrected chi connectivity index (χ1v) is 6.28. The van der Waals surface area contributed by atoms with Crippen molar-refractivity contribution in [2.24, 2.45) is 0 Å². The van der Waals surface area contributed by atoms with Gasteiger partial charge in [0.1, 0.15) is 6.10 Å². The maximum absolute atomic E-state index is 11.5. The Morgan fingerprint density at radius 3 is 2.72 bits per heavy atom. The highest BCUT2D eigenvalue weighted by atomic mass is 16.6. The van der Waals surface area contributed by atoms with Gasteiger partial charge in [-0.3, -0.25) is 4.79 Å². The van der Waals surface area contributed by atoms with Crippen LogP contribution in [0.5, 0.6) is 0 Å². The van der Waals surface area contributed by atoms with Crippen molar-refractivity contribution in [3.05, 3.63) is 30.3 Å². The Balaban J connectivity index is 2.13. The highest BCUT2D eigenvalue weighted by molar-refractivity contribution is 5.70. The quantitative estimate of drug-likeness (QED) is 0.721. The topological polar surface area (TPSA) is 47.6 Å². The molecule has 0 bridgehead atoms. The van der Waals surface area contributed by atoms with Crippen LogP contribution in [0.1, 0.15) is 20.3 Å². The lowest BCUT2D eigenvalue weighted by Gasteiger charge is -2.13. The van der Waals surface area contributed by atoms with Gasteiger partial charge in [0, 0.05) is 18.8 Å². The van der Waals surface area contributed by atoms with Gasteiger partial charge in [-0.2, -0.15) is 0 Å². The molecule has 0 fully saturated rings. The van der Waals surface area contributed by atoms with Gasteiger partial charge in [-0.25, -0.2) is 0 Å². The summed E-state index contributed by atoms with van der Waals surface area (Å²) in [5.74, 6) is -0.203. The van der Waals surface area contributed by atoms with E-state index in [4.69, 9.17) is 9.47 Å². The van der Waals surface area contributed by atoms with E-state index in [1.54, 1.807) is 0 Å². The molecular formula is C14H21NO3. The molecule has 1 rings (SSSR count). The first kappa shape index (κ1) is 14.5. The van der Waals surface area contributed by atoms with Gasteiger partial charge >= 0.3 is 5.97 Å². The Bertz CT molecular complexity index is 340. The van der Waals surface area contributed by atoms with Crippen LogP contribution in [0.4, 0.5) is 5.69 Å². The predicted octanol–water partition coefficient (Wildman–Crippen LogP) is 2.46. The van der Waals surface area contributed by atoms with Gasteiger partial charge in [-0.05, 0) is 26.0 Å². The summed E-state index contributed by atoms with van der Waals surface area (Å²) in [5.41, 5.74) is 1.01. The minimum absolute atomic E-state index is 0.186. The molecule has 0 heterocycles. The summed E-state index contributed by atoms with van der Waals surface area (Å²) in [7, 11) is 0. The molecule has 1 aromatic rings. The molecule has 1 N–H and O–H groups in total. The van der Waals surface area contributed by atoms with Crippen LogP contribution in [0, 0.1) is 0 Å². The zero-order valence-electron chi connectivity index (χ0n) is 11.0. The van der Waals surface area contributed by atoms with E-state index < -0.39 is 0 Å². The second-order valence-corrected chi connectivity index (χ2v) is 4.00. The van der Waals surface area contributed by atoms with Crippen molar-refractivity contribution in [2.45, 2.75) is 26.4 Å². The normalized spacial score (nSPS) is 11.9. The fraction of sp³-hybridized carbons (Fsp3) is 0.500. The lowest BCUT2D eigenvalue weighted by Crippen LogP contribution is -2.21. The molecule has 1 atom stereocenters. The molecule has 0 aliphatic heterocycles. The van der Waals surface area contributed by atoms with Crippen molar-refractivity contribution >= 4 is 11.7 Å². The summed E-state index contributed by atoms with van der Waals surface area (Å²) in [6.45, 7) is 5.41. The predicted molar refractivity (Wildman–Crippen MR) is 71.6 cm³/mol. The van der Waals surface area contributed by atoms with Gasteiger partial charge in [0.15, 0.2) is 0 Å². The molecule has 1 aromatic carbocycles. The summed E-state index contributed by atoms with van der Waals surface area (Å²) in [6, 6.07) is 9.77. The van der Waals surface area contributed by atoms with E-state index in [1.807, 2.05) is 44.2 Å². The van der Waals surface area contributed by atoms with Gasteiger partial charge in [-0.15, -0.1) is 0 Å². The van der Waals surface area contributed by atoms with Gasteiger partial charge in [0.2, 0.25) is 0 Å². The summed E-state index contributed by atoms with van der Waals surface area (Å²) in [4.78, 5) is 11.5. The molecule has 18 heavy (non-hydrogen) atoms. The molecule has 4 nitrogen and oxygen atoms in total. The van der Waals surface area contributed by atoms with Gasteiger partial charge in [-0.1, -0.05) is 18.2 Å². The first-order valence-electron chi connectivity index (χ1n) is 6.28. The monoisotopic (exact) mass is 251 g/mol. The Kier molecular flexibility index (Phi) is 6.87. The van der Waals surface area contributed by atoms with Crippen molar-refractivity contribution in [1.29, 1.82) is 0 Å². The average Bonchev–Trinajstić information content (AvgIpc) is 2.37. The van der Waals surface area contributed by atoms with Crippen molar-refractivity contribution in [3.63, 3.8) is 0 Å². The molecule has 100 valence electrons. The Morgan fingerprint density at radius 2 is 2.06 bits per heavy atom. The third-order valence-electron chi connectivity index (χ3n) is 2.32. The number of esters is 1. The standard InChI is InChI=1S/C14H21NO3/c1-3-17-11-12(2)18-14(16)9-10-15-13-7-5-4-6-8-13/h4-8,12,15H,3,9-11H2,1-2H3. The minimum Gasteiger partial charge on any atom is -0.460 e. The number of ether oxygens (including phenoxy) is 2. The van der Waals surface area contributed by atoms with E-state index in [1.165, 1.54) is 0 Å². The molecule has 0 aliphatic rings. The number of hydrogen-bond donors (Lipinski definition) is 1. The zero-order valence-corrected chi connectivity index (χ0v) is 11.0. The van der Waals surface area contributed by atoms with E-state index >= 15 is 0 Å². The molecule has 0 saturated carbocycles. The number of carbonyl (C=O) groups excluding carboxylic acids is 1. The highest BCUT2D eigenvalue weighted by Crippen LogP contribution is 2.05. The number of carbonyl (C=O) groups is 1. The smallest absolute Gasteiger partial charge is 0.307 e. The number of anilines is 1. The zero-order chi connectivity index (χ0) is 13.2. The summed E-state index contributed by atoms with van der Waals surface area (Å²) in [6.07, 6.45) is 0.167. The second kappa shape index (κ2) is 8.53. The summed E-state index contributed by atoms with van der Waals surface area (Å²) < 4.78 is 10.4. The number of rotatable bonds is 8. The largest absolute Gasteiger partial charge is 0.460 e. The molecular weight excluding hydrogens is 230 g/mol. The van der Waals surface area contributed by atoms with Crippen LogP contribution in [0.25, 0.3) is 0 Å². The van der Waals surface area contributed by atoms with Crippen LogP contribution in [0.2, 0.25) is 0 Å². The summed E-state index contributed by atoms with van der Waals surface area (Å²) >= 11 is 0. The third kappa shape index (κ3) is 6.25. The second-order valence-electron chi connectivity index (χ2n) is 4.00. The lowest BCUT2D eigenvalue weighted by molar-refractivity contribution is -0.150. The minimum atomic E-state index is -0.203. The fourth-order valence-corrected chi connectivity index (χ4v) is 1.47. The first-order chi connectivity index (χ1) is 8.72. The number of para-hydroxylation sites is 1. The Morgan fingerprint density at radius 1 is 1.33 bits per heavy atom. The maximum Gasteiger partial charge on any atom is 0.307 e. The molecule has 1 unspecified atom stereocenters. The van der Waals surface area contributed by atoms with Crippen LogP contribution in [-0.2, 0) is 14.3 Å². The SMILES string of the molecule is CCOCC(C)OC(=O)CCNc1ccccc1. The van der Waals surface area contributed by atoms with Crippen LogP contribution < -0.4 is 5.32 Å². The van der Waals surface area contributed by atoms with E-state index in [9.17, 15) is 4.79 Å². The van der Waals surface area contributed by atoms with E-state index in [0.29, 0.717) is 26.2 Å². The molecule has 0 spiro atoms. The Labute approximate surface area is 108 Å². The van der Waals surface area contributed by atoms with Crippen LogP contribution >= 0.6 is 0 Å². The van der Waals surface area contributed by atoms with Gasteiger partial charge in [0.05, 0.1) is 13.0 Å². The van der Waals surface area contributed by atoms with Crippen molar-refractivity contribution in [1.82, 2.24) is 0 Å². The molecule has 0 aromatic heterocycles. The van der Waals surface area contributed by atoms with Crippen molar-refractivity contribution < 1.29 is 14.3 Å². The van der Waals surface area contributed by atoms with E-state index in [-0.39, 0.29) is 12.1 Å². The fourth-order valence-electron chi connectivity index (χ4n) is 1.47. The Hall–Kier alpha value is -1.55. The molecule has 0 radical (unpaired) electrons. The van der Waals surface area contributed by atoms with Crippen molar-refractivity contribution in [2.75, 3.05) is 25.1 Å². The molecule has 4 heteroatoms. The van der Waals surface area contributed by atoms with Crippen LogP contribution in [0.15, 0.2) is 30.3 Å². The average molecular weight is 251 g/mol. The van der Waals surface area contributed by atoms with Crippen LogP contribution in [0.3, 0.4) is 0 Å². The number of hydrogen-bond acceptors (Lipinski definition) is 4. The third-order valence-corrected chi connectivity index (χ3v) is 2.32. The van der Waals surface area contributed by atoms with Crippen molar-refractivity contribution in [3.8, 4) is 0 Å². The highest BCUT2D eigenvalue weighted by Gasteiger charge is 2.08. The molecule has 0 aliphatic carbocycles. The van der Waals surface area contributed by atoms with E-state index in [0.717, 1.165) is 5.69 Å². The van der Waals surface area contributed by atoms with E-state index in [2.05, 4.69) is 5.32 Å². The van der Waals surface area contributed by atoms with Crippen LogP contribution in [-0.4, -0.2) is 31.8 Å². The maximum atomic E-state index is 11.5. The molecule has 0 saturated heterocycles. The molecule has 0 amide bonds. The lowest BCUT2D eigenvalue weighted by atomic mass is 10.3. The summed E-state index contributed by atoms with van der Waals surface area (Å²) in [5, 5.41) is 3.16. The van der Waals surface area contributed by atoms with Gasteiger partial charge in [0.25, 0.3) is 0 Å². The number of nitrogens with one attached hydrogen (secondary N) is 1. The number of benzene rings is 1. The van der Waals surface area contributed by atoms with Gasteiger partial charge < -0.3 is 14.8 Å².